The molecule has 5 heteroatoms. The fourth-order valence-electron chi connectivity index (χ4n) is 2.30. The highest BCUT2D eigenvalue weighted by Crippen LogP contribution is 2.26. The van der Waals surface area contributed by atoms with E-state index in [1.54, 1.807) is 12.1 Å². The number of rotatable bonds is 2. The number of imidazole rings is 1. The lowest BCUT2D eigenvalue weighted by atomic mass is 10.0. The summed E-state index contributed by atoms with van der Waals surface area (Å²) in [5.74, 6) is 1.41. The molecule has 5 nitrogen and oxygen atoms in total. The lowest BCUT2D eigenvalue weighted by Gasteiger charge is -2.13. The molecule has 3 rings (SSSR count). The van der Waals surface area contributed by atoms with Crippen LogP contribution in [0.15, 0.2) is 18.2 Å². The fraction of sp³-hybridized carbons (Fsp3) is 0.417. The van der Waals surface area contributed by atoms with E-state index in [4.69, 9.17) is 4.74 Å². The number of likely N-dealkylation sites (N-methyl/N-ethyl adjacent to an activating group) is 1. The largest absolute Gasteiger partial charge is 0.508 e. The van der Waals surface area contributed by atoms with Crippen molar-refractivity contribution in [3.63, 3.8) is 0 Å². The quantitative estimate of drug-likeness (QED) is 0.723. The van der Waals surface area contributed by atoms with Crippen LogP contribution in [0, 0.1) is 0 Å². The molecule has 1 fully saturated rings. The minimum Gasteiger partial charge on any atom is -0.508 e. The molecule has 2 heterocycles. The molecule has 17 heavy (non-hydrogen) atoms. The van der Waals surface area contributed by atoms with Crippen LogP contribution in [0.25, 0.3) is 11.0 Å². The first-order valence-electron chi connectivity index (χ1n) is 5.71. The summed E-state index contributed by atoms with van der Waals surface area (Å²) in [4.78, 5) is 7.80. The van der Waals surface area contributed by atoms with Crippen LogP contribution in [-0.2, 0) is 4.74 Å². The van der Waals surface area contributed by atoms with Crippen molar-refractivity contribution in [2.75, 3.05) is 20.3 Å². The summed E-state index contributed by atoms with van der Waals surface area (Å²) in [6.07, 6.45) is 0. The smallest absolute Gasteiger partial charge is 0.117 e. The Morgan fingerprint density at radius 3 is 3.18 bits per heavy atom. The summed E-state index contributed by atoms with van der Waals surface area (Å²) >= 11 is 0. The van der Waals surface area contributed by atoms with Gasteiger partial charge in [0, 0.05) is 12.1 Å². The predicted octanol–water partition coefficient (Wildman–Crippen LogP) is 0.970. The molecule has 0 radical (unpaired) electrons. The number of nitrogens with zero attached hydrogens (tertiary/aromatic N) is 1. The van der Waals surface area contributed by atoms with Crippen LogP contribution in [0.2, 0.25) is 0 Å². The Labute approximate surface area is 98.8 Å². The molecule has 0 saturated carbocycles. The van der Waals surface area contributed by atoms with E-state index in [9.17, 15) is 5.11 Å². The standard InChI is InChI=1S/C12H15N3O2/c1-13-11-6-17-5-8(11)12-14-9-3-2-7(16)4-10(9)15-12/h2-4,8,11,13,16H,5-6H2,1H3,(H,14,15). The second kappa shape index (κ2) is 4.01. The van der Waals surface area contributed by atoms with Gasteiger partial charge in [-0.25, -0.2) is 4.98 Å². The molecule has 0 amide bonds. The van der Waals surface area contributed by atoms with Crippen LogP contribution in [0.4, 0.5) is 0 Å². The number of aromatic nitrogens is 2. The predicted molar refractivity (Wildman–Crippen MR) is 64.2 cm³/mol. The van der Waals surface area contributed by atoms with Gasteiger partial charge < -0.3 is 20.1 Å². The third kappa shape index (κ3) is 1.77. The zero-order valence-corrected chi connectivity index (χ0v) is 9.60. The highest BCUT2D eigenvalue weighted by molar-refractivity contribution is 5.76. The van der Waals surface area contributed by atoms with Crippen LogP contribution < -0.4 is 5.32 Å². The molecular weight excluding hydrogens is 218 g/mol. The van der Waals surface area contributed by atoms with E-state index in [1.165, 1.54) is 0 Å². The van der Waals surface area contributed by atoms with Crippen LogP contribution in [0.1, 0.15) is 11.7 Å². The summed E-state index contributed by atoms with van der Waals surface area (Å²) in [6, 6.07) is 5.45. The maximum absolute atomic E-state index is 9.42. The van der Waals surface area contributed by atoms with Crippen molar-refractivity contribution in [2.24, 2.45) is 0 Å². The van der Waals surface area contributed by atoms with E-state index in [0.29, 0.717) is 19.3 Å². The minimum atomic E-state index is 0.245. The van der Waals surface area contributed by atoms with Gasteiger partial charge in [0.2, 0.25) is 0 Å². The molecule has 1 aliphatic heterocycles. The van der Waals surface area contributed by atoms with Gasteiger partial charge in [0.15, 0.2) is 0 Å². The van der Waals surface area contributed by atoms with Crippen molar-refractivity contribution in [2.45, 2.75) is 12.0 Å². The number of fused-ring (bicyclic) bond motifs is 1. The number of phenolic OH excluding ortho intramolecular Hbond substituents is 1. The second-order valence-corrected chi connectivity index (χ2v) is 4.36. The molecule has 1 aliphatic rings. The van der Waals surface area contributed by atoms with Gasteiger partial charge in [-0.15, -0.1) is 0 Å². The van der Waals surface area contributed by atoms with Crippen molar-refractivity contribution < 1.29 is 9.84 Å². The molecular formula is C12H15N3O2. The average molecular weight is 233 g/mol. The first-order chi connectivity index (χ1) is 8.28. The number of nitrogens with one attached hydrogen (secondary N) is 2. The lowest BCUT2D eigenvalue weighted by molar-refractivity contribution is 0.188. The van der Waals surface area contributed by atoms with Crippen LogP contribution in [0.5, 0.6) is 5.75 Å². The topological polar surface area (TPSA) is 70.2 Å². The SMILES string of the molecule is CNC1COCC1c1nc2ccc(O)cc2[nH]1. The molecule has 3 N–H and O–H groups in total. The maximum atomic E-state index is 9.42. The number of aromatic amines is 1. The van der Waals surface area contributed by atoms with Crippen molar-refractivity contribution in [1.82, 2.24) is 15.3 Å². The average Bonchev–Trinajstić information content (AvgIpc) is 2.93. The summed E-state index contributed by atoms with van der Waals surface area (Å²) in [7, 11) is 1.93. The molecule has 2 unspecified atom stereocenters. The van der Waals surface area contributed by atoms with Crippen molar-refractivity contribution in [1.29, 1.82) is 0 Å². The normalized spacial score (nSPS) is 24.5. The monoisotopic (exact) mass is 233 g/mol. The first kappa shape index (κ1) is 10.6. The Bertz CT molecular complexity index is 538. The lowest BCUT2D eigenvalue weighted by Crippen LogP contribution is -2.31. The summed E-state index contributed by atoms with van der Waals surface area (Å²) in [5, 5.41) is 12.7. The van der Waals surface area contributed by atoms with Gasteiger partial charge in [0.25, 0.3) is 0 Å². The third-order valence-electron chi connectivity index (χ3n) is 3.29. The summed E-state index contributed by atoms with van der Waals surface area (Å²) in [6.45, 7) is 1.39. The number of aromatic hydroxyl groups is 1. The molecule has 1 saturated heterocycles. The Morgan fingerprint density at radius 2 is 2.35 bits per heavy atom. The van der Waals surface area contributed by atoms with Crippen molar-refractivity contribution in [3.8, 4) is 5.75 Å². The number of hydrogen-bond acceptors (Lipinski definition) is 4. The summed E-state index contributed by atoms with van der Waals surface area (Å²) < 4.78 is 5.46. The van der Waals surface area contributed by atoms with Gasteiger partial charge in [-0.2, -0.15) is 0 Å². The number of hydrogen-bond donors (Lipinski definition) is 3. The van der Waals surface area contributed by atoms with Gasteiger partial charge in [-0.1, -0.05) is 0 Å². The maximum Gasteiger partial charge on any atom is 0.117 e. The van der Waals surface area contributed by atoms with Crippen molar-refractivity contribution in [3.05, 3.63) is 24.0 Å². The molecule has 0 aliphatic carbocycles. The van der Waals surface area contributed by atoms with E-state index in [0.717, 1.165) is 16.9 Å². The van der Waals surface area contributed by atoms with Gasteiger partial charge in [-0.05, 0) is 19.2 Å². The van der Waals surface area contributed by atoms with E-state index in [-0.39, 0.29) is 11.7 Å². The summed E-state index contributed by atoms with van der Waals surface area (Å²) in [5.41, 5.74) is 1.74. The van der Waals surface area contributed by atoms with Crippen LogP contribution in [-0.4, -0.2) is 41.4 Å². The van der Waals surface area contributed by atoms with Gasteiger partial charge >= 0.3 is 0 Å². The zero-order chi connectivity index (χ0) is 11.8. The highest BCUT2D eigenvalue weighted by Gasteiger charge is 2.30. The number of phenols is 1. The number of benzene rings is 1. The van der Waals surface area contributed by atoms with E-state index < -0.39 is 0 Å². The van der Waals surface area contributed by atoms with Crippen LogP contribution >= 0.6 is 0 Å². The van der Waals surface area contributed by atoms with E-state index >= 15 is 0 Å². The molecule has 0 bridgehead atoms. The Morgan fingerprint density at radius 1 is 1.47 bits per heavy atom. The molecule has 0 spiro atoms. The Balaban J connectivity index is 2.00. The van der Waals surface area contributed by atoms with Gasteiger partial charge in [-0.3, -0.25) is 0 Å². The Kier molecular flexibility index (Phi) is 2.49. The third-order valence-corrected chi connectivity index (χ3v) is 3.29. The molecule has 2 atom stereocenters. The molecule has 90 valence electrons. The Hall–Kier alpha value is -1.59. The highest BCUT2D eigenvalue weighted by atomic mass is 16.5. The van der Waals surface area contributed by atoms with E-state index in [2.05, 4.69) is 15.3 Å². The fourth-order valence-corrected chi connectivity index (χ4v) is 2.30. The van der Waals surface area contributed by atoms with Crippen LogP contribution in [0.3, 0.4) is 0 Å². The van der Waals surface area contributed by atoms with Gasteiger partial charge in [0.05, 0.1) is 30.2 Å². The minimum absolute atomic E-state index is 0.245. The number of H-pyrrole nitrogens is 1. The zero-order valence-electron chi connectivity index (χ0n) is 9.60. The van der Waals surface area contributed by atoms with Gasteiger partial charge in [0.1, 0.15) is 11.6 Å². The molecule has 1 aromatic carbocycles. The number of ether oxygens (including phenoxy) is 1. The molecule has 1 aromatic heterocycles. The second-order valence-electron chi connectivity index (χ2n) is 4.36. The van der Waals surface area contributed by atoms with Crippen molar-refractivity contribution >= 4 is 11.0 Å². The molecule has 2 aromatic rings. The first-order valence-corrected chi connectivity index (χ1v) is 5.71. The van der Waals surface area contributed by atoms with E-state index in [1.807, 2.05) is 13.1 Å².